The first-order chi connectivity index (χ1) is 12.3. The van der Waals surface area contributed by atoms with E-state index in [0.717, 1.165) is 17.3 Å². The number of nitrogens with one attached hydrogen (secondary N) is 2. The Balaban J connectivity index is 2.07. The molecule has 0 fully saturated rings. The van der Waals surface area contributed by atoms with Gasteiger partial charge in [-0.05, 0) is 12.5 Å². The highest BCUT2D eigenvalue weighted by Gasteiger charge is 2.44. The number of thioether (sulfide) groups is 1. The van der Waals surface area contributed by atoms with Crippen molar-refractivity contribution in [3.8, 4) is 12.1 Å². The fourth-order valence-electron chi connectivity index (χ4n) is 2.78. The van der Waals surface area contributed by atoms with Crippen molar-refractivity contribution in [2.75, 3.05) is 5.75 Å². The van der Waals surface area contributed by atoms with Crippen molar-refractivity contribution in [3.05, 3.63) is 46.5 Å². The molecule has 1 aromatic rings. The van der Waals surface area contributed by atoms with Crippen LogP contribution in [0.5, 0.6) is 0 Å². The quantitative estimate of drug-likeness (QED) is 0.831. The van der Waals surface area contributed by atoms with Crippen LogP contribution in [-0.4, -0.2) is 17.6 Å². The van der Waals surface area contributed by atoms with Gasteiger partial charge in [-0.2, -0.15) is 10.5 Å². The number of carbonyl (C=O) groups excluding carboxylic acids is 2. The van der Waals surface area contributed by atoms with Crippen LogP contribution < -0.4 is 10.6 Å². The van der Waals surface area contributed by atoms with Gasteiger partial charge in [0.2, 0.25) is 11.8 Å². The Kier molecular flexibility index (Phi) is 6.07. The Hall–Kier alpha value is -2.77. The molecule has 1 aromatic carbocycles. The summed E-state index contributed by atoms with van der Waals surface area (Å²) in [6.45, 7) is 5.27. The second kappa shape index (κ2) is 8.07. The first kappa shape index (κ1) is 19.6. The molecular formula is C19H20N4O2S. The van der Waals surface area contributed by atoms with Crippen LogP contribution in [0.4, 0.5) is 0 Å². The van der Waals surface area contributed by atoms with Gasteiger partial charge in [0, 0.05) is 5.41 Å². The molecule has 1 aliphatic rings. The molecule has 0 bridgehead atoms. The van der Waals surface area contributed by atoms with Crippen molar-refractivity contribution in [3.63, 3.8) is 0 Å². The summed E-state index contributed by atoms with van der Waals surface area (Å²) in [6.07, 6.45) is 0. The van der Waals surface area contributed by atoms with Crippen LogP contribution in [0.25, 0.3) is 0 Å². The second-order valence-electron chi connectivity index (χ2n) is 6.58. The summed E-state index contributed by atoms with van der Waals surface area (Å²) in [5, 5.41) is 24.5. The van der Waals surface area contributed by atoms with E-state index < -0.39 is 17.2 Å². The van der Waals surface area contributed by atoms with Gasteiger partial charge < -0.3 is 10.6 Å². The molecule has 0 spiro atoms. The van der Waals surface area contributed by atoms with Crippen LogP contribution in [-0.2, 0) is 9.59 Å². The van der Waals surface area contributed by atoms with Gasteiger partial charge in [-0.25, -0.2) is 0 Å². The molecule has 2 amide bonds. The highest BCUT2D eigenvalue weighted by atomic mass is 32.2. The smallest absolute Gasteiger partial charge is 0.243 e. The molecule has 1 aliphatic heterocycles. The highest BCUT2D eigenvalue weighted by Crippen LogP contribution is 2.41. The summed E-state index contributed by atoms with van der Waals surface area (Å²) in [5.41, 5.74) is 0.409. The number of allylic oxidation sites excluding steroid dienone is 1. The maximum absolute atomic E-state index is 12.2. The summed E-state index contributed by atoms with van der Waals surface area (Å²) in [7, 11) is 0. The zero-order chi connectivity index (χ0) is 19.3. The molecule has 26 heavy (non-hydrogen) atoms. The highest BCUT2D eigenvalue weighted by molar-refractivity contribution is 8.03. The summed E-state index contributed by atoms with van der Waals surface area (Å²) in [5.74, 6) is -1.53. The minimum atomic E-state index is -0.937. The number of rotatable bonds is 5. The molecule has 0 aliphatic carbocycles. The molecule has 7 heteroatoms. The number of amides is 2. The van der Waals surface area contributed by atoms with Crippen molar-refractivity contribution < 1.29 is 9.59 Å². The monoisotopic (exact) mass is 368 g/mol. The van der Waals surface area contributed by atoms with Gasteiger partial charge in [0.05, 0.1) is 34.5 Å². The lowest BCUT2D eigenvalue weighted by Crippen LogP contribution is -2.44. The SMILES string of the molecule is C[C@H](NC(=O)CSC1=C(C#N)C(C)(C)[C@@H](C#N)C(=O)N1)c1ccccc1. The number of carbonyl (C=O) groups is 2. The van der Waals surface area contributed by atoms with Gasteiger partial charge in [-0.3, -0.25) is 9.59 Å². The molecule has 2 atom stereocenters. The first-order valence-electron chi connectivity index (χ1n) is 8.13. The lowest BCUT2D eigenvalue weighted by Gasteiger charge is -2.34. The molecule has 0 unspecified atom stereocenters. The summed E-state index contributed by atoms with van der Waals surface area (Å²) in [4.78, 5) is 24.4. The topological polar surface area (TPSA) is 106 Å². The lowest BCUT2D eigenvalue weighted by atomic mass is 9.72. The van der Waals surface area contributed by atoms with E-state index in [4.69, 9.17) is 0 Å². The number of nitrogens with zero attached hydrogens (tertiary/aromatic N) is 2. The third-order valence-electron chi connectivity index (χ3n) is 4.36. The predicted octanol–water partition coefficient (Wildman–Crippen LogP) is 2.63. The standard InChI is InChI=1S/C19H20N4O2S/c1-12(13-7-5-4-6-8-13)22-16(24)11-26-18-15(10-21)19(2,3)14(9-20)17(25)23-18/h4-8,12,14H,11H2,1-3H3,(H,22,24)(H,23,25)/t12-,14-/m0/s1. The normalized spacial score (nSPS) is 19.7. The average Bonchev–Trinajstić information content (AvgIpc) is 2.60. The minimum Gasteiger partial charge on any atom is -0.349 e. The van der Waals surface area contributed by atoms with Crippen molar-refractivity contribution in [2.45, 2.75) is 26.8 Å². The predicted molar refractivity (Wildman–Crippen MR) is 99.1 cm³/mol. The third kappa shape index (κ3) is 4.07. The van der Waals surface area contributed by atoms with Crippen LogP contribution in [0.1, 0.15) is 32.4 Å². The zero-order valence-corrected chi connectivity index (χ0v) is 15.7. The van der Waals surface area contributed by atoms with Crippen molar-refractivity contribution in [1.82, 2.24) is 10.6 Å². The third-order valence-corrected chi connectivity index (χ3v) is 5.36. The van der Waals surface area contributed by atoms with Crippen LogP contribution in [0.3, 0.4) is 0 Å². The number of benzene rings is 1. The number of hydrogen-bond acceptors (Lipinski definition) is 5. The second-order valence-corrected chi connectivity index (χ2v) is 7.56. The Bertz CT molecular complexity index is 818. The number of hydrogen-bond donors (Lipinski definition) is 2. The molecule has 2 rings (SSSR count). The Morgan fingerprint density at radius 1 is 1.35 bits per heavy atom. The van der Waals surface area contributed by atoms with Crippen molar-refractivity contribution in [2.24, 2.45) is 11.3 Å². The van der Waals surface area contributed by atoms with E-state index in [1.54, 1.807) is 13.8 Å². The number of nitriles is 2. The van der Waals surface area contributed by atoms with E-state index >= 15 is 0 Å². The van der Waals surface area contributed by atoms with Gasteiger partial charge in [0.1, 0.15) is 5.92 Å². The van der Waals surface area contributed by atoms with E-state index in [1.165, 1.54) is 0 Å². The molecular weight excluding hydrogens is 348 g/mol. The van der Waals surface area contributed by atoms with E-state index in [-0.39, 0.29) is 17.7 Å². The van der Waals surface area contributed by atoms with E-state index in [0.29, 0.717) is 10.6 Å². The first-order valence-corrected chi connectivity index (χ1v) is 9.12. The fraction of sp³-hybridized carbons (Fsp3) is 0.368. The molecule has 134 valence electrons. The van der Waals surface area contributed by atoms with E-state index in [1.807, 2.05) is 43.3 Å². The van der Waals surface area contributed by atoms with Crippen LogP contribution in [0, 0.1) is 34.0 Å². The largest absolute Gasteiger partial charge is 0.349 e. The van der Waals surface area contributed by atoms with Gasteiger partial charge >= 0.3 is 0 Å². The summed E-state index contributed by atoms with van der Waals surface area (Å²) < 4.78 is 0. The molecule has 1 heterocycles. The molecule has 2 N–H and O–H groups in total. The fourth-order valence-corrected chi connectivity index (χ4v) is 3.76. The van der Waals surface area contributed by atoms with Gasteiger partial charge in [0.15, 0.2) is 0 Å². The van der Waals surface area contributed by atoms with Crippen molar-refractivity contribution >= 4 is 23.6 Å². The minimum absolute atomic E-state index is 0.0608. The van der Waals surface area contributed by atoms with Gasteiger partial charge in [-0.15, -0.1) is 0 Å². The lowest BCUT2D eigenvalue weighted by molar-refractivity contribution is -0.125. The maximum atomic E-state index is 12.2. The van der Waals surface area contributed by atoms with Gasteiger partial charge in [-0.1, -0.05) is 55.9 Å². The van der Waals surface area contributed by atoms with Crippen molar-refractivity contribution in [1.29, 1.82) is 10.5 Å². The summed E-state index contributed by atoms with van der Waals surface area (Å²) >= 11 is 1.10. The van der Waals surface area contributed by atoms with Crippen LogP contribution in [0.15, 0.2) is 40.9 Å². The molecule has 6 nitrogen and oxygen atoms in total. The summed E-state index contributed by atoms with van der Waals surface area (Å²) in [6, 6.07) is 13.5. The maximum Gasteiger partial charge on any atom is 0.243 e. The zero-order valence-electron chi connectivity index (χ0n) is 14.9. The molecule has 0 aromatic heterocycles. The molecule has 0 saturated heterocycles. The Morgan fingerprint density at radius 2 is 2.00 bits per heavy atom. The van der Waals surface area contributed by atoms with E-state index in [2.05, 4.69) is 16.7 Å². The van der Waals surface area contributed by atoms with Gasteiger partial charge in [0.25, 0.3) is 0 Å². The Morgan fingerprint density at radius 3 is 2.58 bits per heavy atom. The average molecular weight is 368 g/mol. The molecule has 0 radical (unpaired) electrons. The Labute approximate surface area is 157 Å². The van der Waals surface area contributed by atoms with Crippen LogP contribution >= 0.6 is 11.8 Å². The van der Waals surface area contributed by atoms with Crippen LogP contribution in [0.2, 0.25) is 0 Å². The molecule has 0 saturated carbocycles. The van der Waals surface area contributed by atoms with E-state index in [9.17, 15) is 20.1 Å².